The molecular formula is C17H21N3O3. The van der Waals surface area contributed by atoms with Gasteiger partial charge < -0.3 is 9.64 Å². The zero-order valence-electron chi connectivity index (χ0n) is 13.7. The van der Waals surface area contributed by atoms with Gasteiger partial charge in [0, 0.05) is 19.0 Å². The number of benzene rings is 1. The van der Waals surface area contributed by atoms with Crippen molar-refractivity contribution in [2.24, 2.45) is 7.05 Å². The van der Waals surface area contributed by atoms with E-state index in [0.29, 0.717) is 24.2 Å². The molecule has 2 heterocycles. The van der Waals surface area contributed by atoms with Gasteiger partial charge in [-0.1, -0.05) is 18.2 Å². The Balaban J connectivity index is 1.94. The van der Waals surface area contributed by atoms with Crippen molar-refractivity contribution in [2.75, 3.05) is 13.2 Å². The van der Waals surface area contributed by atoms with Crippen LogP contribution in [0.1, 0.15) is 19.5 Å². The zero-order chi connectivity index (χ0) is 16.6. The van der Waals surface area contributed by atoms with Gasteiger partial charge in [0.1, 0.15) is 0 Å². The minimum Gasteiger partial charge on any atom is -0.375 e. The molecule has 1 aromatic heterocycles. The summed E-state index contributed by atoms with van der Waals surface area (Å²) in [5, 5.41) is 5.65. The lowest BCUT2D eigenvalue weighted by Crippen LogP contribution is -2.50. The summed E-state index contributed by atoms with van der Waals surface area (Å²) in [7, 11) is 1.61. The topological polar surface area (TPSA) is 64.4 Å². The summed E-state index contributed by atoms with van der Waals surface area (Å²) in [6, 6.07) is 7.35. The molecule has 122 valence electrons. The number of amides is 1. The molecule has 1 amide bonds. The van der Waals surface area contributed by atoms with E-state index < -0.39 is 0 Å². The molecule has 0 bridgehead atoms. The predicted molar refractivity (Wildman–Crippen MR) is 87.3 cm³/mol. The molecule has 6 heteroatoms. The second-order valence-corrected chi connectivity index (χ2v) is 6.14. The highest BCUT2D eigenvalue weighted by Gasteiger charge is 2.28. The molecule has 0 N–H and O–H groups in total. The molecule has 1 aliphatic rings. The number of carbonyl (C=O) groups excluding carboxylic acids is 1. The van der Waals surface area contributed by atoms with Gasteiger partial charge in [0.25, 0.3) is 5.56 Å². The van der Waals surface area contributed by atoms with Gasteiger partial charge in [-0.15, -0.1) is 0 Å². The van der Waals surface area contributed by atoms with Gasteiger partial charge in [-0.2, -0.15) is 5.10 Å². The lowest BCUT2D eigenvalue weighted by Gasteiger charge is -2.36. The van der Waals surface area contributed by atoms with Crippen LogP contribution < -0.4 is 5.56 Å². The van der Waals surface area contributed by atoms with Crippen LogP contribution in [0.25, 0.3) is 10.8 Å². The standard InChI is InChI=1S/C17H21N3O3/c1-11-10-23-12(2)9-20(11)16(21)8-15-13-6-4-5-7-14(13)17(22)19(3)18-15/h4-7,11-12H,8-10H2,1-3H3. The van der Waals surface area contributed by atoms with Crippen LogP contribution >= 0.6 is 0 Å². The first-order chi connectivity index (χ1) is 11.0. The van der Waals surface area contributed by atoms with Gasteiger partial charge in [0.2, 0.25) is 5.91 Å². The number of fused-ring (bicyclic) bond motifs is 1. The predicted octanol–water partition coefficient (Wildman–Crippen LogP) is 1.11. The number of hydrogen-bond donors (Lipinski definition) is 0. The van der Waals surface area contributed by atoms with E-state index in [2.05, 4.69) is 5.10 Å². The highest BCUT2D eigenvalue weighted by molar-refractivity contribution is 5.88. The van der Waals surface area contributed by atoms with Crippen molar-refractivity contribution in [3.05, 3.63) is 40.3 Å². The summed E-state index contributed by atoms with van der Waals surface area (Å²) in [5.41, 5.74) is 0.490. The monoisotopic (exact) mass is 315 g/mol. The minimum absolute atomic E-state index is 0.0175. The normalized spacial score (nSPS) is 21.6. The molecule has 2 unspecified atom stereocenters. The summed E-state index contributed by atoms with van der Waals surface area (Å²) in [6.45, 7) is 5.08. The highest BCUT2D eigenvalue weighted by atomic mass is 16.5. The van der Waals surface area contributed by atoms with E-state index in [1.54, 1.807) is 13.1 Å². The number of rotatable bonds is 2. The number of nitrogens with zero attached hydrogens (tertiary/aromatic N) is 3. The Labute approximate surface area is 134 Å². The maximum Gasteiger partial charge on any atom is 0.274 e. The number of aryl methyl sites for hydroxylation is 1. The van der Waals surface area contributed by atoms with Crippen LogP contribution in [0.5, 0.6) is 0 Å². The first-order valence-corrected chi connectivity index (χ1v) is 7.83. The second kappa shape index (κ2) is 6.12. The van der Waals surface area contributed by atoms with Crippen LogP contribution in [0, 0.1) is 0 Å². The van der Waals surface area contributed by atoms with Crippen LogP contribution in [-0.2, 0) is 23.0 Å². The van der Waals surface area contributed by atoms with Crippen LogP contribution in [-0.4, -0.2) is 45.9 Å². The molecule has 23 heavy (non-hydrogen) atoms. The third-order valence-electron chi connectivity index (χ3n) is 4.28. The quantitative estimate of drug-likeness (QED) is 0.833. The number of ether oxygens (including phenoxy) is 1. The van der Waals surface area contributed by atoms with E-state index in [1.807, 2.05) is 36.9 Å². The van der Waals surface area contributed by atoms with Crippen molar-refractivity contribution in [1.29, 1.82) is 0 Å². The van der Waals surface area contributed by atoms with Gasteiger partial charge in [0.05, 0.1) is 36.3 Å². The summed E-state index contributed by atoms with van der Waals surface area (Å²) in [5.74, 6) is 0.0175. The van der Waals surface area contributed by atoms with E-state index in [4.69, 9.17) is 4.74 Å². The molecule has 3 rings (SSSR count). The third kappa shape index (κ3) is 2.99. The SMILES string of the molecule is CC1CN(C(=O)Cc2nn(C)c(=O)c3ccccc23)C(C)CO1. The van der Waals surface area contributed by atoms with E-state index in [1.165, 1.54) is 4.68 Å². The molecule has 2 atom stereocenters. The fourth-order valence-corrected chi connectivity index (χ4v) is 3.00. The van der Waals surface area contributed by atoms with Crippen molar-refractivity contribution < 1.29 is 9.53 Å². The Morgan fingerprint density at radius 1 is 1.30 bits per heavy atom. The Hall–Kier alpha value is -2.21. The number of morpholine rings is 1. The van der Waals surface area contributed by atoms with Crippen molar-refractivity contribution in [3.63, 3.8) is 0 Å². The molecule has 1 aliphatic heterocycles. The van der Waals surface area contributed by atoms with Crippen LogP contribution in [0.4, 0.5) is 0 Å². The Kier molecular flexibility index (Phi) is 4.17. The lowest BCUT2D eigenvalue weighted by atomic mass is 10.1. The minimum atomic E-state index is -0.148. The van der Waals surface area contributed by atoms with Crippen LogP contribution in [0.2, 0.25) is 0 Å². The maximum atomic E-state index is 12.7. The summed E-state index contributed by atoms with van der Waals surface area (Å²) < 4.78 is 6.87. The van der Waals surface area contributed by atoms with Crippen molar-refractivity contribution >= 4 is 16.7 Å². The van der Waals surface area contributed by atoms with E-state index in [-0.39, 0.29) is 30.0 Å². The molecule has 0 spiro atoms. The second-order valence-electron chi connectivity index (χ2n) is 6.14. The molecule has 0 saturated carbocycles. The van der Waals surface area contributed by atoms with Gasteiger partial charge in [0.15, 0.2) is 0 Å². The molecule has 1 fully saturated rings. The molecule has 1 aromatic carbocycles. The van der Waals surface area contributed by atoms with E-state index in [0.717, 1.165) is 5.39 Å². The van der Waals surface area contributed by atoms with E-state index in [9.17, 15) is 9.59 Å². The smallest absolute Gasteiger partial charge is 0.274 e. The summed E-state index contributed by atoms with van der Waals surface area (Å²) in [4.78, 5) is 26.7. The van der Waals surface area contributed by atoms with E-state index >= 15 is 0 Å². The van der Waals surface area contributed by atoms with Crippen molar-refractivity contribution in [2.45, 2.75) is 32.4 Å². The fraction of sp³-hybridized carbons (Fsp3) is 0.471. The molecule has 0 radical (unpaired) electrons. The molecule has 6 nitrogen and oxygen atoms in total. The van der Waals surface area contributed by atoms with Crippen LogP contribution in [0.3, 0.4) is 0 Å². The van der Waals surface area contributed by atoms with Crippen LogP contribution in [0.15, 0.2) is 29.1 Å². The molecule has 2 aromatic rings. The van der Waals surface area contributed by atoms with Crippen molar-refractivity contribution in [1.82, 2.24) is 14.7 Å². The van der Waals surface area contributed by atoms with Gasteiger partial charge in [-0.3, -0.25) is 9.59 Å². The molecule has 0 aliphatic carbocycles. The highest BCUT2D eigenvalue weighted by Crippen LogP contribution is 2.17. The maximum absolute atomic E-state index is 12.7. The zero-order valence-corrected chi connectivity index (χ0v) is 13.7. The third-order valence-corrected chi connectivity index (χ3v) is 4.28. The average molecular weight is 315 g/mol. The molecular weight excluding hydrogens is 294 g/mol. The first-order valence-electron chi connectivity index (χ1n) is 7.83. The van der Waals surface area contributed by atoms with Gasteiger partial charge in [-0.25, -0.2) is 4.68 Å². The van der Waals surface area contributed by atoms with Crippen molar-refractivity contribution in [3.8, 4) is 0 Å². The Bertz CT molecular complexity index is 799. The number of hydrogen-bond acceptors (Lipinski definition) is 4. The number of carbonyl (C=O) groups is 1. The number of aromatic nitrogens is 2. The summed E-state index contributed by atoms with van der Waals surface area (Å²) in [6.07, 6.45) is 0.228. The van der Waals surface area contributed by atoms with Gasteiger partial charge >= 0.3 is 0 Å². The Morgan fingerprint density at radius 2 is 2.00 bits per heavy atom. The largest absolute Gasteiger partial charge is 0.375 e. The molecule has 1 saturated heterocycles. The lowest BCUT2D eigenvalue weighted by molar-refractivity contribution is -0.142. The fourth-order valence-electron chi connectivity index (χ4n) is 3.00. The average Bonchev–Trinajstić information content (AvgIpc) is 2.54. The Morgan fingerprint density at radius 3 is 2.74 bits per heavy atom. The summed E-state index contributed by atoms with van der Waals surface area (Å²) >= 11 is 0. The van der Waals surface area contributed by atoms with Gasteiger partial charge in [-0.05, 0) is 19.9 Å². The first kappa shape index (κ1) is 15.7.